The van der Waals surface area contributed by atoms with Gasteiger partial charge in [0.2, 0.25) is 0 Å². The van der Waals surface area contributed by atoms with Gasteiger partial charge in [-0.25, -0.2) is 9.78 Å². The maximum atomic E-state index is 11.5. The number of carbonyl (C=O) groups is 2. The first-order chi connectivity index (χ1) is 9.61. The van der Waals surface area contributed by atoms with E-state index in [4.69, 9.17) is 9.84 Å². The van der Waals surface area contributed by atoms with Crippen LogP contribution in [0.5, 0.6) is 11.5 Å². The van der Waals surface area contributed by atoms with Crippen LogP contribution < -0.4 is 4.74 Å². The van der Waals surface area contributed by atoms with Crippen molar-refractivity contribution in [1.82, 2.24) is 4.98 Å². The largest absolute Gasteiger partial charge is 0.476 e. The van der Waals surface area contributed by atoms with Crippen molar-refractivity contribution in [3.05, 3.63) is 53.9 Å². The summed E-state index contributed by atoms with van der Waals surface area (Å²) in [5, 5.41) is 9.01. The van der Waals surface area contributed by atoms with Crippen LogP contribution in [0.4, 0.5) is 0 Å². The molecule has 1 heterocycles. The zero-order chi connectivity index (χ0) is 14.5. The number of hydrogen-bond acceptors (Lipinski definition) is 4. The molecule has 1 aromatic heterocycles. The average Bonchev–Trinajstić information content (AvgIpc) is 2.47. The number of pyridine rings is 1. The molecule has 1 N–H and O–H groups in total. The van der Waals surface area contributed by atoms with Gasteiger partial charge in [-0.3, -0.25) is 4.79 Å². The van der Waals surface area contributed by atoms with Gasteiger partial charge in [-0.2, -0.15) is 0 Å². The molecule has 0 saturated carbocycles. The van der Waals surface area contributed by atoms with Crippen LogP contribution in [-0.2, 0) is 0 Å². The lowest BCUT2D eigenvalue weighted by Gasteiger charge is -2.08. The molecule has 0 spiro atoms. The lowest BCUT2D eigenvalue weighted by atomic mass is 10.1. The van der Waals surface area contributed by atoms with Crippen LogP contribution in [0.2, 0.25) is 0 Å². The molecule has 0 radical (unpaired) electrons. The van der Waals surface area contributed by atoms with Crippen LogP contribution in [0.1, 0.15) is 34.2 Å². The molecule has 0 atom stereocenters. The number of aromatic nitrogens is 1. The molecule has 0 amide bonds. The Balaban J connectivity index is 2.23. The number of rotatable bonds is 5. The molecule has 0 aliphatic heterocycles. The van der Waals surface area contributed by atoms with E-state index in [1.54, 1.807) is 37.3 Å². The highest BCUT2D eigenvalue weighted by molar-refractivity contribution is 5.95. The monoisotopic (exact) mass is 271 g/mol. The fourth-order valence-corrected chi connectivity index (χ4v) is 1.67. The summed E-state index contributed by atoms with van der Waals surface area (Å²) in [7, 11) is 0. The van der Waals surface area contributed by atoms with Crippen molar-refractivity contribution in [3.63, 3.8) is 0 Å². The number of carbonyl (C=O) groups excluding carboxylic acids is 1. The fraction of sp³-hybridized carbons (Fsp3) is 0.133. The fourth-order valence-electron chi connectivity index (χ4n) is 1.67. The van der Waals surface area contributed by atoms with Gasteiger partial charge >= 0.3 is 5.97 Å². The summed E-state index contributed by atoms with van der Waals surface area (Å²) >= 11 is 0. The number of ketones is 1. The number of carboxylic acid groups (broad SMARTS) is 1. The molecule has 0 aliphatic carbocycles. The Morgan fingerprint density at radius 1 is 1.20 bits per heavy atom. The molecule has 0 fully saturated rings. The van der Waals surface area contributed by atoms with Crippen LogP contribution in [-0.4, -0.2) is 21.8 Å². The lowest BCUT2D eigenvalue weighted by molar-refractivity contribution is 0.0687. The van der Waals surface area contributed by atoms with Crippen LogP contribution >= 0.6 is 0 Å². The third-order valence-electron chi connectivity index (χ3n) is 2.70. The van der Waals surface area contributed by atoms with Gasteiger partial charge < -0.3 is 9.84 Å². The van der Waals surface area contributed by atoms with Crippen LogP contribution in [0.25, 0.3) is 0 Å². The summed E-state index contributed by atoms with van der Waals surface area (Å²) in [6.07, 6.45) is 1.82. The summed E-state index contributed by atoms with van der Waals surface area (Å²) in [6, 6.07) is 9.68. The number of hydrogen-bond donors (Lipinski definition) is 1. The Morgan fingerprint density at radius 2 is 1.90 bits per heavy atom. The molecule has 1 aromatic carbocycles. The van der Waals surface area contributed by atoms with Gasteiger partial charge in [-0.1, -0.05) is 6.92 Å². The third-order valence-corrected chi connectivity index (χ3v) is 2.70. The smallest absolute Gasteiger partial charge is 0.358 e. The Labute approximate surface area is 115 Å². The molecule has 5 heteroatoms. The number of ether oxygens (including phenoxy) is 1. The molecule has 20 heavy (non-hydrogen) atoms. The molecule has 2 aromatic rings. The predicted molar refractivity (Wildman–Crippen MR) is 72.3 cm³/mol. The molecule has 0 saturated heterocycles. The highest BCUT2D eigenvalue weighted by Gasteiger charge is 2.13. The van der Waals surface area contributed by atoms with Gasteiger partial charge in [0.05, 0.1) is 0 Å². The van der Waals surface area contributed by atoms with Crippen molar-refractivity contribution < 1.29 is 19.4 Å². The number of nitrogens with zero attached hydrogens (tertiary/aromatic N) is 1. The van der Waals surface area contributed by atoms with Gasteiger partial charge in [0.1, 0.15) is 5.75 Å². The minimum atomic E-state index is -1.15. The van der Waals surface area contributed by atoms with E-state index in [1.165, 1.54) is 12.3 Å². The first kappa shape index (κ1) is 13.7. The lowest BCUT2D eigenvalue weighted by Crippen LogP contribution is -2.03. The van der Waals surface area contributed by atoms with Crippen LogP contribution in [0.3, 0.4) is 0 Å². The van der Waals surface area contributed by atoms with Crippen molar-refractivity contribution in [2.75, 3.05) is 0 Å². The van der Waals surface area contributed by atoms with Gasteiger partial charge in [0.15, 0.2) is 17.2 Å². The van der Waals surface area contributed by atoms with Crippen LogP contribution in [0.15, 0.2) is 42.6 Å². The number of benzene rings is 1. The maximum Gasteiger partial charge on any atom is 0.358 e. The number of carboxylic acids is 1. The van der Waals surface area contributed by atoms with Gasteiger partial charge in [-0.15, -0.1) is 0 Å². The topological polar surface area (TPSA) is 76.5 Å². The van der Waals surface area contributed by atoms with Crippen molar-refractivity contribution in [2.24, 2.45) is 0 Å². The van der Waals surface area contributed by atoms with Crippen molar-refractivity contribution in [3.8, 4) is 11.5 Å². The second kappa shape index (κ2) is 5.97. The minimum absolute atomic E-state index is 0.0455. The maximum absolute atomic E-state index is 11.5. The highest BCUT2D eigenvalue weighted by atomic mass is 16.5. The van der Waals surface area contributed by atoms with E-state index in [9.17, 15) is 9.59 Å². The second-order valence-electron chi connectivity index (χ2n) is 4.06. The van der Waals surface area contributed by atoms with E-state index < -0.39 is 5.97 Å². The standard InChI is InChI=1S/C15H13NO4/c1-2-12(17)10-5-7-11(8-6-10)20-13-4-3-9-16-14(13)15(18)19/h3-9H,2H2,1H3,(H,18,19). The van der Waals surface area contributed by atoms with Gasteiger partial charge in [-0.05, 0) is 36.4 Å². The number of Topliss-reactive ketones (excluding diaryl/α,β-unsaturated/α-hetero) is 1. The summed E-state index contributed by atoms with van der Waals surface area (Å²) in [4.78, 5) is 26.3. The quantitative estimate of drug-likeness (QED) is 0.845. The molecule has 0 bridgehead atoms. The highest BCUT2D eigenvalue weighted by Crippen LogP contribution is 2.24. The zero-order valence-corrected chi connectivity index (χ0v) is 10.9. The van der Waals surface area contributed by atoms with E-state index in [1.807, 2.05) is 0 Å². The van der Waals surface area contributed by atoms with Gasteiger partial charge in [0.25, 0.3) is 0 Å². The summed E-state index contributed by atoms with van der Waals surface area (Å²) in [6.45, 7) is 1.79. The molecule has 5 nitrogen and oxygen atoms in total. The molecule has 2 rings (SSSR count). The van der Waals surface area contributed by atoms with Crippen molar-refractivity contribution in [1.29, 1.82) is 0 Å². The molecular weight excluding hydrogens is 258 g/mol. The minimum Gasteiger partial charge on any atom is -0.476 e. The van der Waals surface area contributed by atoms with Crippen molar-refractivity contribution in [2.45, 2.75) is 13.3 Å². The normalized spacial score (nSPS) is 10.1. The van der Waals surface area contributed by atoms with E-state index in [0.717, 1.165) is 0 Å². The first-order valence-corrected chi connectivity index (χ1v) is 6.11. The predicted octanol–water partition coefficient (Wildman–Crippen LogP) is 3.16. The van der Waals surface area contributed by atoms with Crippen LogP contribution in [0, 0.1) is 0 Å². The summed E-state index contributed by atoms with van der Waals surface area (Å²) in [5.74, 6) is -0.495. The summed E-state index contributed by atoms with van der Waals surface area (Å²) < 4.78 is 5.48. The molecular formula is C15H13NO4. The zero-order valence-electron chi connectivity index (χ0n) is 10.9. The third kappa shape index (κ3) is 3.00. The first-order valence-electron chi connectivity index (χ1n) is 6.11. The van der Waals surface area contributed by atoms with E-state index in [-0.39, 0.29) is 17.2 Å². The molecule has 102 valence electrons. The Bertz CT molecular complexity index is 635. The van der Waals surface area contributed by atoms with Crippen molar-refractivity contribution >= 4 is 11.8 Å². The van der Waals surface area contributed by atoms with E-state index >= 15 is 0 Å². The average molecular weight is 271 g/mol. The second-order valence-corrected chi connectivity index (χ2v) is 4.06. The van der Waals surface area contributed by atoms with E-state index in [2.05, 4.69) is 4.98 Å². The Hall–Kier alpha value is -2.69. The molecule has 0 unspecified atom stereocenters. The van der Waals surface area contributed by atoms with Gasteiger partial charge in [0, 0.05) is 18.2 Å². The Morgan fingerprint density at radius 3 is 2.50 bits per heavy atom. The SMILES string of the molecule is CCC(=O)c1ccc(Oc2cccnc2C(=O)O)cc1. The number of aromatic carboxylic acids is 1. The Kier molecular flexibility index (Phi) is 4.10. The summed E-state index contributed by atoms with van der Waals surface area (Å²) in [5.41, 5.74) is 0.450. The molecule has 0 aliphatic rings. The van der Waals surface area contributed by atoms with E-state index in [0.29, 0.717) is 17.7 Å².